The van der Waals surface area contributed by atoms with E-state index in [9.17, 15) is 8.42 Å². The maximum atomic E-state index is 12.7. The van der Waals surface area contributed by atoms with Gasteiger partial charge in [0, 0.05) is 16.6 Å². The highest BCUT2D eigenvalue weighted by Crippen LogP contribution is 2.39. The van der Waals surface area contributed by atoms with E-state index >= 15 is 0 Å². The molecule has 2 unspecified atom stereocenters. The Bertz CT molecular complexity index is 542. The Labute approximate surface area is 116 Å². The van der Waals surface area contributed by atoms with E-state index in [2.05, 4.69) is 15.9 Å². The molecule has 98 valence electrons. The lowest BCUT2D eigenvalue weighted by atomic mass is 10.1. The molecule has 0 aromatic heterocycles. The van der Waals surface area contributed by atoms with E-state index in [1.807, 2.05) is 6.07 Å². The fourth-order valence-corrected chi connectivity index (χ4v) is 5.74. The number of hydrogen-bond acceptors (Lipinski definition) is 2. The second-order valence-corrected chi connectivity index (χ2v) is 7.87. The van der Waals surface area contributed by atoms with Crippen molar-refractivity contribution in [2.75, 3.05) is 0 Å². The van der Waals surface area contributed by atoms with Gasteiger partial charge in [0.25, 0.3) is 0 Å². The number of rotatable bonds is 2. The highest BCUT2D eigenvalue weighted by molar-refractivity contribution is 9.10. The predicted molar refractivity (Wildman–Crippen MR) is 73.8 cm³/mol. The molecule has 0 spiro atoms. The monoisotopic (exact) mass is 329 g/mol. The van der Waals surface area contributed by atoms with Crippen molar-refractivity contribution in [3.63, 3.8) is 0 Å². The van der Waals surface area contributed by atoms with E-state index in [1.165, 1.54) is 6.42 Å². The Kier molecular flexibility index (Phi) is 3.24. The van der Waals surface area contributed by atoms with Gasteiger partial charge in [-0.25, -0.2) is 8.42 Å². The maximum Gasteiger partial charge on any atom is 0.243 e. The van der Waals surface area contributed by atoms with Crippen LogP contribution in [0.5, 0.6) is 0 Å². The Balaban J connectivity index is 2.00. The summed E-state index contributed by atoms with van der Waals surface area (Å²) in [6.07, 6.45) is 5.25. The summed E-state index contributed by atoms with van der Waals surface area (Å²) in [7, 11) is -3.32. The van der Waals surface area contributed by atoms with E-state index in [0.29, 0.717) is 4.90 Å². The summed E-state index contributed by atoms with van der Waals surface area (Å²) in [5.41, 5.74) is 0. The molecule has 2 fully saturated rings. The van der Waals surface area contributed by atoms with Crippen LogP contribution in [0.25, 0.3) is 0 Å². The van der Waals surface area contributed by atoms with Crippen molar-refractivity contribution < 1.29 is 8.42 Å². The average molecular weight is 330 g/mol. The summed E-state index contributed by atoms with van der Waals surface area (Å²) in [5, 5.41) is 0. The highest BCUT2D eigenvalue weighted by Gasteiger charge is 2.44. The lowest BCUT2D eigenvalue weighted by molar-refractivity contribution is 0.248. The van der Waals surface area contributed by atoms with Gasteiger partial charge in [0.15, 0.2) is 0 Å². The molecule has 2 bridgehead atoms. The third-order valence-electron chi connectivity index (χ3n) is 4.00. The molecule has 1 aromatic carbocycles. The molecule has 2 heterocycles. The largest absolute Gasteiger partial charge is 0.243 e. The molecule has 2 saturated heterocycles. The summed E-state index contributed by atoms with van der Waals surface area (Å²) in [6, 6.07) is 7.48. The van der Waals surface area contributed by atoms with Crippen LogP contribution < -0.4 is 0 Å². The third-order valence-corrected chi connectivity index (χ3v) is 6.49. The standard InChI is InChI=1S/C13H16BrNO2S/c14-10-3-1-6-13(9-10)18(16,17)15-11-4-2-5-12(15)8-7-11/h1,3,6,9,11-12H,2,4-5,7-8H2. The molecule has 3 rings (SSSR count). The molecule has 0 radical (unpaired) electrons. The molecule has 5 heteroatoms. The fourth-order valence-electron chi connectivity index (χ4n) is 3.21. The molecular weight excluding hydrogens is 314 g/mol. The quantitative estimate of drug-likeness (QED) is 0.835. The Morgan fingerprint density at radius 1 is 1.11 bits per heavy atom. The zero-order chi connectivity index (χ0) is 12.8. The molecule has 2 atom stereocenters. The second kappa shape index (κ2) is 4.62. The van der Waals surface area contributed by atoms with E-state index in [-0.39, 0.29) is 12.1 Å². The first-order valence-electron chi connectivity index (χ1n) is 6.38. The SMILES string of the molecule is O=S(=O)(c1cccc(Br)c1)N1C2CCCC1CC2. The van der Waals surface area contributed by atoms with Crippen LogP contribution >= 0.6 is 15.9 Å². The molecule has 3 nitrogen and oxygen atoms in total. The zero-order valence-corrected chi connectivity index (χ0v) is 12.5. The van der Waals surface area contributed by atoms with Crippen molar-refractivity contribution in [3.05, 3.63) is 28.7 Å². The van der Waals surface area contributed by atoms with Crippen LogP contribution in [-0.2, 0) is 10.0 Å². The van der Waals surface area contributed by atoms with Gasteiger partial charge < -0.3 is 0 Å². The Morgan fingerprint density at radius 3 is 2.39 bits per heavy atom. The third kappa shape index (κ3) is 2.02. The molecule has 1 aromatic rings. The van der Waals surface area contributed by atoms with Crippen molar-refractivity contribution in [2.45, 2.75) is 49.1 Å². The molecular formula is C13H16BrNO2S. The lowest BCUT2D eigenvalue weighted by Crippen LogP contribution is -2.43. The van der Waals surface area contributed by atoms with Crippen LogP contribution in [0.4, 0.5) is 0 Å². The van der Waals surface area contributed by atoms with Gasteiger partial charge in [0.2, 0.25) is 10.0 Å². The van der Waals surface area contributed by atoms with Gasteiger partial charge in [-0.3, -0.25) is 0 Å². The summed E-state index contributed by atoms with van der Waals surface area (Å²) in [4.78, 5) is 0.413. The van der Waals surface area contributed by atoms with Crippen molar-refractivity contribution in [1.29, 1.82) is 0 Å². The molecule has 2 aliphatic rings. The highest BCUT2D eigenvalue weighted by atomic mass is 79.9. The Morgan fingerprint density at radius 2 is 1.78 bits per heavy atom. The van der Waals surface area contributed by atoms with Crippen molar-refractivity contribution in [3.8, 4) is 0 Å². The molecule has 2 aliphatic heterocycles. The molecule has 0 N–H and O–H groups in total. The van der Waals surface area contributed by atoms with Gasteiger partial charge in [-0.05, 0) is 43.9 Å². The van der Waals surface area contributed by atoms with E-state index in [1.54, 1.807) is 22.5 Å². The van der Waals surface area contributed by atoms with Crippen LogP contribution in [0.2, 0.25) is 0 Å². The first kappa shape index (κ1) is 12.6. The summed E-state index contributed by atoms with van der Waals surface area (Å²) in [6.45, 7) is 0. The van der Waals surface area contributed by atoms with Crippen LogP contribution in [-0.4, -0.2) is 24.8 Å². The zero-order valence-electron chi connectivity index (χ0n) is 10.0. The lowest BCUT2D eigenvalue weighted by Gasteiger charge is -2.33. The molecule has 18 heavy (non-hydrogen) atoms. The van der Waals surface area contributed by atoms with Gasteiger partial charge in [-0.1, -0.05) is 28.4 Å². The maximum absolute atomic E-state index is 12.7. The van der Waals surface area contributed by atoms with Gasteiger partial charge in [-0.15, -0.1) is 0 Å². The molecule has 0 aliphatic carbocycles. The molecule has 0 amide bonds. The van der Waals surface area contributed by atoms with E-state index in [4.69, 9.17) is 0 Å². The van der Waals surface area contributed by atoms with Gasteiger partial charge in [0.05, 0.1) is 4.90 Å². The van der Waals surface area contributed by atoms with Gasteiger partial charge in [-0.2, -0.15) is 4.31 Å². The summed E-state index contributed by atoms with van der Waals surface area (Å²) in [5.74, 6) is 0. The number of halogens is 1. The van der Waals surface area contributed by atoms with E-state index in [0.717, 1.165) is 30.2 Å². The van der Waals surface area contributed by atoms with Crippen LogP contribution in [0.15, 0.2) is 33.6 Å². The number of nitrogens with zero attached hydrogens (tertiary/aromatic N) is 1. The minimum Gasteiger partial charge on any atom is -0.207 e. The van der Waals surface area contributed by atoms with Crippen LogP contribution in [0.1, 0.15) is 32.1 Å². The smallest absolute Gasteiger partial charge is 0.207 e. The minimum atomic E-state index is -3.32. The minimum absolute atomic E-state index is 0.229. The number of piperidine rings is 1. The second-order valence-electron chi connectivity index (χ2n) is 5.11. The summed E-state index contributed by atoms with van der Waals surface area (Å²) < 4.78 is 28.0. The van der Waals surface area contributed by atoms with Gasteiger partial charge >= 0.3 is 0 Å². The first-order valence-corrected chi connectivity index (χ1v) is 8.61. The Hall–Kier alpha value is -0.390. The first-order chi connectivity index (χ1) is 8.59. The number of benzene rings is 1. The van der Waals surface area contributed by atoms with Crippen molar-refractivity contribution in [1.82, 2.24) is 4.31 Å². The average Bonchev–Trinajstić information content (AvgIpc) is 2.61. The predicted octanol–water partition coefficient (Wildman–Crippen LogP) is 3.15. The topological polar surface area (TPSA) is 37.4 Å². The fraction of sp³-hybridized carbons (Fsp3) is 0.538. The number of sulfonamides is 1. The number of hydrogen-bond donors (Lipinski definition) is 0. The van der Waals surface area contributed by atoms with Gasteiger partial charge in [0.1, 0.15) is 0 Å². The number of fused-ring (bicyclic) bond motifs is 2. The van der Waals surface area contributed by atoms with Crippen LogP contribution in [0, 0.1) is 0 Å². The molecule has 0 saturated carbocycles. The summed E-state index contributed by atoms with van der Waals surface area (Å²) >= 11 is 3.34. The van der Waals surface area contributed by atoms with E-state index < -0.39 is 10.0 Å². The van der Waals surface area contributed by atoms with Crippen molar-refractivity contribution in [2.24, 2.45) is 0 Å². The van der Waals surface area contributed by atoms with Crippen molar-refractivity contribution >= 4 is 26.0 Å². The normalized spacial score (nSPS) is 28.5. The van der Waals surface area contributed by atoms with Crippen LogP contribution in [0.3, 0.4) is 0 Å².